The summed E-state index contributed by atoms with van der Waals surface area (Å²) in [5.74, 6) is 3.92. The van der Waals surface area contributed by atoms with Crippen molar-refractivity contribution >= 4 is 23.0 Å². The summed E-state index contributed by atoms with van der Waals surface area (Å²) in [5.41, 5.74) is 1.49. The Labute approximate surface area is 163 Å². The predicted molar refractivity (Wildman–Crippen MR) is 108 cm³/mol. The van der Waals surface area contributed by atoms with Crippen LogP contribution in [0, 0.1) is 0 Å². The molecule has 2 aromatic carbocycles. The third kappa shape index (κ3) is 4.35. The van der Waals surface area contributed by atoms with Crippen LogP contribution in [0.4, 0.5) is 23.0 Å². The summed E-state index contributed by atoms with van der Waals surface area (Å²) < 4.78 is 21.3. The van der Waals surface area contributed by atoms with E-state index >= 15 is 0 Å². The van der Waals surface area contributed by atoms with Gasteiger partial charge in [0.2, 0.25) is 0 Å². The molecule has 0 bridgehead atoms. The Morgan fingerprint density at radius 1 is 0.607 bits per heavy atom. The van der Waals surface area contributed by atoms with Crippen molar-refractivity contribution < 1.29 is 18.9 Å². The van der Waals surface area contributed by atoms with E-state index in [-0.39, 0.29) is 0 Å². The van der Waals surface area contributed by atoms with Crippen LogP contribution in [0.1, 0.15) is 0 Å². The third-order valence-electron chi connectivity index (χ3n) is 4.01. The lowest BCUT2D eigenvalue weighted by atomic mass is 10.2. The maximum absolute atomic E-state index is 5.41. The fourth-order valence-electron chi connectivity index (χ4n) is 2.58. The minimum Gasteiger partial charge on any atom is -0.497 e. The second kappa shape index (κ2) is 8.81. The Hall–Kier alpha value is -3.68. The van der Waals surface area contributed by atoms with Crippen molar-refractivity contribution in [2.24, 2.45) is 0 Å². The standard InChI is InChI=1S/C20H22N4O4/c1-25-13-6-8-17(27-3)16(9-13)24-20-11-19(21-12-22-20)23-15-7-5-14(26-2)10-18(15)28-4/h5-12H,1-4H3,(H2,21,22,23,24). The molecule has 1 aromatic heterocycles. The number of nitrogens with zero attached hydrogens (tertiary/aromatic N) is 2. The van der Waals surface area contributed by atoms with Crippen LogP contribution in [-0.4, -0.2) is 38.4 Å². The Balaban J connectivity index is 1.84. The minimum atomic E-state index is 0.594. The molecule has 3 aromatic rings. The van der Waals surface area contributed by atoms with Crippen LogP contribution in [0.25, 0.3) is 0 Å². The number of hydrogen-bond donors (Lipinski definition) is 2. The van der Waals surface area contributed by atoms with Gasteiger partial charge >= 0.3 is 0 Å². The molecule has 0 atom stereocenters. The van der Waals surface area contributed by atoms with Gasteiger partial charge in [0.1, 0.15) is 41.0 Å². The van der Waals surface area contributed by atoms with Gasteiger partial charge in [-0.15, -0.1) is 0 Å². The number of ether oxygens (including phenoxy) is 4. The zero-order valence-corrected chi connectivity index (χ0v) is 16.1. The lowest BCUT2D eigenvalue weighted by Gasteiger charge is -2.14. The summed E-state index contributed by atoms with van der Waals surface area (Å²) in [4.78, 5) is 8.53. The van der Waals surface area contributed by atoms with Gasteiger partial charge in [-0.2, -0.15) is 0 Å². The number of rotatable bonds is 8. The largest absolute Gasteiger partial charge is 0.497 e. The second-order valence-electron chi connectivity index (χ2n) is 5.67. The normalized spacial score (nSPS) is 10.1. The van der Waals surface area contributed by atoms with E-state index in [0.29, 0.717) is 34.6 Å². The number of anilines is 4. The van der Waals surface area contributed by atoms with Gasteiger partial charge in [0.05, 0.1) is 39.8 Å². The molecule has 0 saturated carbocycles. The highest BCUT2D eigenvalue weighted by molar-refractivity contribution is 5.70. The van der Waals surface area contributed by atoms with Crippen LogP contribution in [0.3, 0.4) is 0 Å². The van der Waals surface area contributed by atoms with E-state index in [1.165, 1.54) is 6.33 Å². The minimum absolute atomic E-state index is 0.594. The van der Waals surface area contributed by atoms with Gasteiger partial charge in [0.25, 0.3) is 0 Å². The molecule has 0 aliphatic rings. The topological polar surface area (TPSA) is 86.8 Å². The molecule has 3 rings (SSSR count). The third-order valence-corrected chi connectivity index (χ3v) is 4.01. The van der Waals surface area contributed by atoms with Crippen molar-refractivity contribution in [3.05, 3.63) is 48.8 Å². The zero-order valence-electron chi connectivity index (χ0n) is 16.1. The molecular formula is C20H22N4O4. The molecule has 28 heavy (non-hydrogen) atoms. The first-order valence-electron chi connectivity index (χ1n) is 8.47. The van der Waals surface area contributed by atoms with Crippen LogP contribution in [0.15, 0.2) is 48.8 Å². The maximum atomic E-state index is 5.41. The van der Waals surface area contributed by atoms with E-state index in [9.17, 15) is 0 Å². The molecule has 0 aliphatic carbocycles. The van der Waals surface area contributed by atoms with Crippen LogP contribution < -0.4 is 29.6 Å². The van der Waals surface area contributed by atoms with Crippen molar-refractivity contribution in [2.45, 2.75) is 0 Å². The average molecular weight is 382 g/mol. The summed E-state index contributed by atoms with van der Waals surface area (Å²) in [6.45, 7) is 0. The van der Waals surface area contributed by atoms with Crippen LogP contribution in [0.2, 0.25) is 0 Å². The predicted octanol–water partition coefficient (Wildman–Crippen LogP) is 4.00. The van der Waals surface area contributed by atoms with Gasteiger partial charge in [0, 0.05) is 18.2 Å². The SMILES string of the molecule is COc1ccc(OC)c(Nc2cc(Nc3ccc(OC)cc3OC)ncn2)c1. The first-order valence-corrected chi connectivity index (χ1v) is 8.47. The highest BCUT2D eigenvalue weighted by atomic mass is 16.5. The van der Waals surface area contributed by atoms with E-state index in [0.717, 1.165) is 11.4 Å². The lowest BCUT2D eigenvalue weighted by molar-refractivity contribution is 0.395. The fourth-order valence-corrected chi connectivity index (χ4v) is 2.58. The smallest absolute Gasteiger partial charge is 0.146 e. The Morgan fingerprint density at radius 3 is 1.86 bits per heavy atom. The molecule has 146 valence electrons. The van der Waals surface area contributed by atoms with Crippen molar-refractivity contribution in [3.8, 4) is 23.0 Å². The molecule has 2 N–H and O–H groups in total. The highest BCUT2D eigenvalue weighted by Gasteiger charge is 2.09. The molecule has 8 nitrogen and oxygen atoms in total. The van der Waals surface area contributed by atoms with Gasteiger partial charge in [0.15, 0.2) is 0 Å². The summed E-state index contributed by atoms with van der Waals surface area (Å²) in [6.07, 6.45) is 1.47. The molecule has 0 aliphatic heterocycles. The number of aromatic nitrogens is 2. The number of hydrogen-bond acceptors (Lipinski definition) is 8. The molecule has 0 amide bonds. The maximum Gasteiger partial charge on any atom is 0.146 e. The van der Waals surface area contributed by atoms with Gasteiger partial charge in [-0.1, -0.05) is 0 Å². The van der Waals surface area contributed by atoms with Crippen molar-refractivity contribution in [2.75, 3.05) is 39.1 Å². The number of nitrogens with one attached hydrogen (secondary N) is 2. The Kier molecular flexibility index (Phi) is 6.01. The van der Waals surface area contributed by atoms with Gasteiger partial charge in [-0.3, -0.25) is 0 Å². The first kappa shape index (κ1) is 19.1. The summed E-state index contributed by atoms with van der Waals surface area (Å²) >= 11 is 0. The molecule has 0 radical (unpaired) electrons. The van der Waals surface area contributed by atoms with E-state index < -0.39 is 0 Å². The van der Waals surface area contributed by atoms with E-state index in [4.69, 9.17) is 18.9 Å². The van der Waals surface area contributed by atoms with E-state index in [2.05, 4.69) is 20.6 Å². The monoisotopic (exact) mass is 382 g/mol. The summed E-state index contributed by atoms with van der Waals surface area (Å²) in [6, 6.07) is 12.8. The van der Waals surface area contributed by atoms with E-state index in [1.807, 2.05) is 30.3 Å². The molecule has 1 heterocycles. The second-order valence-corrected chi connectivity index (χ2v) is 5.67. The molecular weight excluding hydrogens is 360 g/mol. The van der Waals surface area contributed by atoms with E-state index in [1.54, 1.807) is 40.6 Å². The summed E-state index contributed by atoms with van der Waals surface area (Å²) in [7, 11) is 6.43. The average Bonchev–Trinajstić information content (AvgIpc) is 2.74. The lowest BCUT2D eigenvalue weighted by Crippen LogP contribution is -2.01. The zero-order chi connectivity index (χ0) is 19.9. The Morgan fingerprint density at radius 2 is 1.21 bits per heavy atom. The molecule has 8 heteroatoms. The molecule has 0 fully saturated rings. The number of methoxy groups -OCH3 is 4. The molecule has 0 saturated heterocycles. The van der Waals surface area contributed by atoms with Gasteiger partial charge in [-0.25, -0.2) is 9.97 Å². The molecule has 0 unspecified atom stereocenters. The van der Waals surface area contributed by atoms with Gasteiger partial charge in [-0.05, 0) is 24.3 Å². The highest BCUT2D eigenvalue weighted by Crippen LogP contribution is 2.33. The van der Waals surface area contributed by atoms with Crippen molar-refractivity contribution in [1.82, 2.24) is 9.97 Å². The quantitative estimate of drug-likeness (QED) is 0.605. The Bertz CT molecular complexity index is 949. The van der Waals surface area contributed by atoms with Gasteiger partial charge < -0.3 is 29.6 Å². The number of benzene rings is 2. The van der Waals surface area contributed by atoms with Crippen molar-refractivity contribution in [1.29, 1.82) is 0 Å². The van der Waals surface area contributed by atoms with Crippen molar-refractivity contribution in [3.63, 3.8) is 0 Å². The fraction of sp³-hybridized carbons (Fsp3) is 0.200. The van der Waals surface area contributed by atoms with Crippen LogP contribution in [0.5, 0.6) is 23.0 Å². The van der Waals surface area contributed by atoms with Crippen LogP contribution >= 0.6 is 0 Å². The van der Waals surface area contributed by atoms with Crippen LogP contribution in [-0.2, 0) is 0 Å². The molecule has 0 spiro atoms. The first-order chi connectivity index (χ1) is 13.7. The summed E-state index contributed by atoms with van der Waals surface area (Å²) in [5, 5.41) is 6.45.